The van der Waals surface area contributed by atoms with Crippen molar-refractivity contribution >= 4 is 35.1 Å². The van der Waals surface area contributed by atoms with E-state index >= 15 is 0 Å². The van der Waals surface area contributed by atoms with Gasteiger partial charge >= 0.3 is 12.0 Å². The molecule has 0 unspecified atom stereocenters. The van der Waals surface area contributed by atoms with Crippen molar-refractivity contribution < 1.29 is 28.9 Å². The summed E-state index contributed by atoms with van der Waals surface area (Å²) in [6.07, 6.45) is 0.0927. The maximum Gasteiger partial charge on any atom is 0.328 e. The number of ether oxygens (including phenoxy) is 3. The molecule has 0 bridgehead atoms. The van der Waals surface area contributed by atoms with Gasteiger partial charge in [-0.3, -0.25) is 0 Å². The van der Waals surface area contributed by atoms with Gasteiger partial charge in [-0.2, -0.15) is 0 Å². The van der Waals surface area contributed by atoms with Crippen molar-refractivity contribution in [2.45, 2.75) is 61.8 Å². The number of hydrogen-bond donors (Lipinski definition) is 3. The van der Waals surface area contributed by atoms with E-state index in [1.807, 2.05) is 104 Å². The van der Waals surface area contributed by atoms with E-state index in [2.05, 4.69) is 26.9 Å². The zero-order valence-electron chi connectivity index (χ0n) is 28.4. The number of benzene rings is 4. The van der Waals surface area contributed by atoms with Gasteiger partial charge in [0.05, 0.1) is 25.9 Å². The Morgan fingerprint density at radius 3 is 2.37 bits per heavy atom. The lowest BCUT2D eigenvalue weighted by atomic mass is 9.99. The maximum atomic E-state index is 12.9. The molecule has 6 rings (SSSR count). The lowest BCUT2D eigenvalue weighted by Crippen LogP contribution is -2.47. The molecule has 1 aliphatic heterocycles. The fourth-order valence-electron chi connectivity index (χ4n) is 5.83. The second kappa shape index (κ2) is 17.6. The van der Waals surface area contributed by atoms with Crippen LogP contribution in [-0.4, -0.2) is 52.3 Å². The number of hydrogen-bond acceptors (Lipinski definition) is 10. The summed E-state index contributed by atoms with van der Waals surface area (Å²) in [6.45, 7) is 2.19. The van der Waals surface area contributed by atoms with Gasteiger partial charge in [0.15, 0.2) is 10.6 Å². The number of aliphatic hydroxyl groups excluding tert-OH is 1. The van der Waals surface area contributed by atoms with Crippen molar-refractivity contribution in [1.29, 1.82) is 0 Å². The minimum absolute atomic E-state index is 0.0139. The first-order chi connectivity index (χ1) is 24.9. The van der Waals surface area contributed by atoms with E-state index in [1.165, 1.54) is 7.11 Å². The van der Waals surface area contributed by atoms with Crippen LogP contribution in [0.25, 0.3) is 11.1 Å². The molecule has 12 heteroatoms. The Bertz CT molecular complexity index is 1910. The van der Waals surface area contributed by atoms with E-state index in [9.17, 15) is 14.7 Å². The first kappa shape index (κ1) is 36.2. The number of carbonyl (C=O) groups excluding carboxylic acids is 2. The predicted molar refractivity (Wildman–Crippen MR) is 197 cm³/mol. The summed E-state index contributed by atoms with van der Waals surface area (Å²) in [4.78, 5) is 25.2. The molecule has 10 nitrogen and oxygen atoms in total. The molecule has 1 fully saturated rings. The highest BCUT2D eigenvalue weighted by atomic mass is 32.2. The van der Waals surface area contributed by atoms with E-state index in [0.717, 1.165) is 48.3 Å². The van der Waals surface area contributed by atoms with E-state index in [0.29, 0.717) is 18.6 Å². The van der Waals surface area contributed by atoms with Crippen LogP contribution >= 0.6 is 23.1 Å². The van der Waals surface area contributed by atoms with Crippen LogP contribution in [0.1, 0.15) is 51.6 Å². The van der Waals surface area contributed by atoms with Gasteiger partial charge in [-0.25, -0.2) is 9.59 Å². The van der Waals surface area contributed by atoms with Crippen molar-refractivity contribution in [2.75, 3.05) is 12.9 Å². The van der Waals surface area contributed by atoms with Crippen molar-refractivity contribution in [3.8, 4) is 11.1 Å². The second-order valence-corrected chi connectivity index (χ2v) is 14.6. The van der Waals surface area contributed by atoms with Crippen LogP contribution in [-0.2, 0) is 38.6 Å². The number of urea groups is 1. The van der Waals surface area contributed by atoms with Crippen LogP contribution in [0.2, 0.25) is 0 Å². The summed E-state index contributed by atoms with van der Waals surface area (Å²) in [7, 11) is 1.31. The van der Waals surface area contributed by atoms with Crippen molar-refractivity contribution in [2.24, 2.45) is 0 Å². The van der Waals surface area contributed by atoms with Gasteiger partial charge in [-0.05, 0) is 52.4 Å². The van der Waals surface area contributed by atoms with Gasteiger partial charge in [0.2, 0.25) is 0 Å². The third kappa shape index (κ3) is 10.0. The van der Waals surface area contributed by atoms with Crippen LogP contribution < -0.4 is 10.6 Å². The van der Waals surface area contributed by atoms with Crippen LogP contribution in [0.4, 0.5) is 4.79 Å². The highest BCUT2D eigenvalue weighted by Crippen LogP contribution is 2.40. The Hall–Kier alpha value is -4.59. The Kier molecular flexibility index (Phi) is 12.5. The lowest BCUT2D eigenvalue weighted by molar-refractivity contribution is -0.245. The van der Waals surface area contributed by atoms with E-state index in [1.54, 1.807) is 23.1 Å². The molecule has 1 aliphatic rings. The standard InChI is InChI=1S/C39H40N4O6S2/c1-25-42-43-39(51-25)50-24-33-21-35(29-16-14-27(23-44)15-17-29)49-37(48-33)32-13-7-12-31(20-32)30-11-6-10-28(18-30)22-40-38(46)41-34(36(45)47-2)19-26-8-4-3-5-9-26/h3-18,20,33-35,37,44H,19,21-24H2,1-2H3,(H2,40,41,46)/t33-,34-,35+,37+/m0/s1. The lowest BCUT2D eigenvalue weighted by Gasteiger charge is -2.36. The number of nitrogens with one attached hydrogen (secondary N) is 2. The number of nitrogens with zero attached hydrogens (tertiary/aromatic N) is 2. The van der Waals surface area contributed by atoms with Gasteiger partial charge < -0.3 is 30.0 Å². The van der Waals surface area contributed by atoms with Gasteiger partial charge in [0.25, 0.3) is 0 Å². The third-order valence-electron chi connectivity index (χ3n) is 8.46. The number of aliphatic hydroxyl groups is 1. The molecule has 4 atom stereocenters. The average Bonchev–Trinajstić information content (AvgIpc) is 3.60. The molecule has 1 saturated heterocycles. The Balaban J connectivity index is 1.13. The molecular weight excluding hydrogens is 685 g/mol. The fourth-order valence-corrected chi connectivity index (χ4v) is 7.69. The summed E-state index contributed by atoms with van der Waals surface area (Å²) in [5.41, 5.74) is 6.52. The highest BCUT2D eigenvalue weighted by Gasteiger charge is 2.32. The molecule has 0 saturated carbocycles. The quantitative estimate of drug-likeness (QED) is 0.0874. The number of amides is 2. The third-order valence-corrected chi connectivity index (χ3v) is 10.6. The Morgan fingerprint density at radius 1 is 0.902 bits per heavy atom. The van der Waals surface area contributed by atoms with Gasteiger partial charge in [-0.1, -0.05) is 114 Å². The fraction of sp³-hybridized carbons (Fsp3) is 0.282. The first-order valence-corrected chi connectivity index (χ1v) is 18.5. The largest absolute Gasteiger partial charge is 0.467 e. The minimum Gasteiger partial charge on any atom is -0.467 e. The van der Waals surface area contributed by atoms with Crippen LogP contribution in [0.3, 0.4) is 0 Å². The normalized spacial score (nSPS) is 17.7. The monoisotopic (exact) mass is 724 g/mol. The van der Waals surface area contributed by atoms with Crippen LogP contribution in [0.5, 0.6) is 0 Å². The molecule has 0 radical (unpaired) electrons. The molecule has 5 aromatic rings. The summed E-state index contributed by atoms with van der Waals surface area (Å²) < 4.78 is 19.0. The maximum absolute atomic E-state index is 12.9. The molecule has 4 aromatic carbocycles. The molecule has 2 heterocycles. The number of esters is 1. The molecule has 3 N–H and O–H groups in total. The number of aryl methyl sites for hydroxylation is 1. The summed E-state index contributed by atoms with van der Waals surface area (Å²) in [6, 6.07) is 32.1. The summed E-state index contributed by atoms with van der Waals surface area (Å²) in [5.74, 6) is 0.194. The van der Waals surface area contributed by atoms with Crippen molar-refractivity contribution in [3.05, 3.63) is 136 Å². The van der Waals surface area contributed by atoms with E-state index < -0.39 is 24.3 Å². The first-order valence-electron chi connectivity index (χ1n) is 16.7. The molecule has 2 amide bonds. The van der Waals surface area contributed by atoms with E-state index in [-0.39, 0.29) is 25.4 Å². The molecule has 0 aliphatic carbocycles. The number of aromatic nitrogens is 2. The number of methoxy groups -OCH3 is 1. The number of carbonyl (C=O) groups is 2. The van der Waals surface area contributed by atoms with Crippen LogP contribution in [0.15, 0.2) is 107 Å². The summed E-state index contributed by atoms with van der Waals surface area (Å²) >= 11 is 3.21. The molecule has 1 aromatic heterocycles. The van der Waals surface area contributed by atoms with Gasteiger partial charge in [0.1, 0.15) is 11.0 Å². The molecule has 0 spiro atoms. The van der Waals surface area contributed by atoms with Gasteiger partial charge in [-0.15, -0.1) is 10.2 Å². The van der Waals surface area contributed by atoms with Gasteiger partial charge in [0, 0.05) is 30.7 Å². The van der Waals surface area contributed by atoms with E-state index in [4.69, 9.17) is 14.2 Å². The Labute approximate surface area is 305 Å². The molecule has 51 heavy (non-hydrogen) atoms. The van der Waals surface area contributed by atoms with Crippen molar-refractivity contribution in [1.82, 2.24) is 20.8 Å². The smallest absolute Gasteiger partial charge is 0.328 e. The minimum atomic E-state index is -0.818. The Morgan fingerprint density at radius 2 is 1.65 bits per heavy atom. The SMILES string of the molecule is COC(=O)[C@H](Cc1ccccc1)NC(=O)NCc1cccc(-c2cccc([C@@H]3O[C@H](CSc4nnc(C)s4)C[C@H](c4ccc(CO)cc4)O3)c2)c1. The summed E-state index contributed by atoms with van der Waals surface area (Å²) in [5, 5.41) is 24.5. The topological polar surface area (TPSA) is 132 Å². The van der Waals surface area contributed by atoms with Crippen LogP contribution in [0, 0.1) is 6.92 Å². The number of rotatable bonds is 13. The number of thioether (sulfide) groups is 1. The second-order valence-electron chi connectivity index (χ2n) is 12.2. The van der Waals surface area contributed by atoms with Crippen molar-refractivity contribution in [3.63, 3.8) is 0 Å². The predicted octanol–water partition coefficient (Wildman–Crippen LogP) is 6.93. The molecular formula is C39H40N4O6S2. The zero-order chi connectivity index (χ0) is 35.6. The highest BCUT2D eigenvalue weighted by molar-refractivity contribution is 8.01. The average molecular weight is 725 g/mol. The molecule has 264 valence electrons. The zero-order valence-corrected chi connectivity index (χ0v) is 30.0.